The maximum Gasteiger partial charge on any atom is -0.0109 e. The van der Waals surface area contributed by atoms with Crippen molar-refractivity contribution in [3.8, 4) is 0 Å². The van der Waals surface area contributed by atoms with E-state index in [1.807, 2.05) is 12.2 Å². The molecule has 0 heteroatoms. The lowest BCUT2D eigenvalue weighted by atomic mass is 9.91. The molecule has 98 valence electrons. The molecular formula is C19H22. The SMILES string of the molecule is C=C/C=C\C(C(=C)c1cc(C)ccc1C=C)=C(C)C. The highest BCUT2D eigenvalue weighted by molar-refractivity contribution is 5.85. The molecule has 1 rings (SSSR count). The standard InChI is InChI=1S/C19H22/c1-7-9-10-18(14(3)4)16(6)19-13-15(5)11-12-17(19)8-2/h7-13H,1-2,6H2,3-5H3/b10-9-. The average Bonchev–Trinajstić information content (AvgIpc) is 2.38. The summed E-state index contributed by atoms with van der Waals surface area (Å²) in [5, 5.41) is 0. The molecule has 0 nitrogen and oxygen atoms in total. The Kier molecular flexibility index (Phi) is 5.32. The van der Waals surface area contributed by atoms with Gasteiger partial charge in [0.15, 0.2) is 0 Å². The zero-order chi connectivity index (χ0) is 14.4. The van der Waals surface area contributed by atoms with Crippen molar-refractivity contribution in [2.75, 3.05) is 0 Å². The highest BCUT2D eigenvalue weighted by Gasteiger charge is 2.08. The lowest BCUT2D eigenvalue weighted by Gasteiger charge is -2.13. The predicted molar refractivity (Wildman–Crippen MR) is 88.0 cm³/mol. The molecule has 0 unspecified atom stereocenters. The molecule has 0 aromatic heterocycles. The van der Waals surface area contributed by atoms with E-state index in [-0.39, 0.29) is 0 Å². The van der Waals surface area contributed by atoms with Gasteiger partial charge in [-0.25, -0.2) is 0 Å². The van der Waals surface area contributed by atoms with E-state index in [1.165, 1.54) is 11.1 Å². The Morgan fingerprint density at radius 3 is 2.37 bits per heavy atom. The zero-order valence-electron chi connectivity index (χ0n) is 12.2. The Balaban J connectivity index is 3.36. The van der Waals surface area contributed by atoms with Crippen LogP contribution >= 0.6 is 0 Å². The van der Waals surface area contributed by atoms with E-state index in [4.69, 9.17) is 0 Å². The first-order chi connectivity index (χ1) is 9.01. The number of aryl methyl sites for hydroxylation is 1. The van der Waals surface area contributed by atoms with Crippen LogP contribution < -0.4 is 0 Å². The molecule has 19 heavy (non-hydrogen) atoms. The van der Waals surface area contributed by atoms with E-state index >= 15 is 0 Å². The maximum atomic E-state index is 4.26. The van der Waals surface area contributed by atoms with Gasteiger partial charge in [0.2, 0.25) is 0 Å². The van der Waals surface area contributed by atoms with Gasteiger partial charge in [0.1, 0.15) is 0 Å². The molecule has 1 aromatic rings. The van der Waals surface area contributed by atoms with Gasteiger partial charge >= 0.3 is 0 Å². The Labute approximate surface area is 117 Å². The molecule has 0 heterocycles. The Hall–Kier alpha value is -2.08. The maximum absolute atomic E-state index is 4.26. The third-order valence-electron chi connectivity index (χ3n) is 3.02. The van der Waals surface area contributed by atoms with E-state index in [1.54, 1.807) is 6.08 Å². The second-order valence-corrected chi connectivity index (χ2v) is 4.78. The predicted octanol–water partition coefficient (Wildman–Crippen LogP) is 5.73. The molecule has 0 aliphatic heterocycles. The first-order valence-electron chi connectivity index (χ1n) is 6.40. The van der Waals surface area contributed by atoms with Crippen LogP contribution in [0.3, 0.4) is 0 Å². The first kappa shape index (κ1) is 15.0. The van der Waals surface area contributed by atoms with Gasteiger partial charge in [-0.1, -0.05) is 73.4 Å². The summed E-state index contributed by atoms with van der Waals surface area (Å²) in [6, 6.07) is 6.34. The number of benzene rings is 1. The van der Waals surface area contributed by atoms with Crippen molar-refractivity contribution in [2.45, 2.75) is 20.8 Å². The minimum Gasteiger partial charge on any atom is -0.0991 e. The number of hydrogen-bond acceptors (Lipinski definition) is 0. The van der Waals surface area contributed by atoms with Crippen LogP contribution in [-0.2, 0) is 0 Å². The van der Waals surface area contributed by atoms with Crippen molar-refractivity contribution in [1.82, 2.24) is 0 Å². The fourth-order valence-corrected chi connectivity index (χ4v) is 1.99. The third kappa shape index (κ3) is 3.69. The van der Waals surface area contributed by atoms with Gasteiger partial charge in [-0.15, -0.1) is 0 Å². The molecule has 0 bridgehead atoms. The van der Waals surface area contributed by atoms with E-state index in [9.17, 15) is 0 Å². The number of allylic oxidation sites excluding steroid dienone is 6. The molecule has 0 radical (unpaired) electrons. The Morgan fingerprint density at radius 1 is 1.16 bits per heavy atom. The molecule has 0 aliphatic rings. The molecule has 0 saturated carbocycles. The molecule has 0 spiro atoms. The largest absolute Gasteiger partial charge is 0.0991 e. The van der Waals surface area contributed by atoms with Crippen LogP contribution in [0.2, 0.25) is 0 Å². The van der Waals surface area contributed by atoms with Crippen LogP contribution in [-0.4, -0.2) is 0 Å². The van der Waals surface area contributed by atoms with Crippen LogP contribution in [0.1, 0.15) is 30.5 Å². The van der Waals surface area contributed by atoms with Gasteiger partial charge in [0, 0.05) is 0 Å². The molecule has 0 atom stereocenters. The second kappa shape index (κ2) is 6.75. The number of hydrogen-bond donors (Lipinski definition) is 0. The van der Waals surface area contributed by atoms with Crippen molar-refractivity contribution >= 4 is 11.6 Å². The van der Waals surface area contributed by atoms with E-state index in [2.05, 4.69) is 64.8 Å². The van der Waals surface area contributed by atoms with Gasteiger partial charge in [-0.3, -0.25) is 0 Å². The zero-order valence-corrected chi connectivity index (χ0v) is 12.2. The highest BCUT2D eigenvalue weighted by atomic mass is 14.1. The fraction of sp³-hybridized carbons (Fsp3) is 0.158. The third-order valence-corrected chi connectivity index (χ3v) is 3.02. The van der Waals surface area contributed by atoms with Crippen molar-refractivity contribution in [2.24, 2.45) is 0 Å². The average molecular weight is 250 g/mol. The minimum absolute atomic E-state index is 1.02. The number of rotatable bonds is 5. The minimum atomic E-state index is 1.02. The Bertz CT molecular complexity index is 562. The summed E-state index contributed by atoms with van der Waals surface area (Å²) in [6.07, 6.45) is 7.65. The summed E-state index contributed by atoms with van der Waals surface area (Å²) in [6.45, 7) is 18.1. The van der Waals surface area contributed by atoms with E-state index in [0.717, 1.165) is 22.3 Å². The topological polar surface area (TPSA) is 0 Å². The summed E-state index contributed by atoms with van der Waals surface area (Å²) in [7, 11) is 0. The Morgan fingerprint density at radius 2 is 1.84 bits per heavy atom. The normalized spacial score (nSPS) is 10.3. The molecular weight excluding hydrogens is 228 g/mol. The van der Waals surface area contributed by atoms with Gasteiger partial charge < -0.3 is 0 Å². The summed E-state index contributed by atoms with van der Waals surface area (Å²) < 4.78 is 0. The quantitative estimate of drug-likeness (QED) is 0.585. The molecule has 0 fully saturated rings. The van der Waals surface area contributed by atoms with Crippen molar-refractivity contribution < 1.29 is 0 Å². The lowest BCUT2D eigenvalue weighted by molar-refractivity contribution is 1.34. The molecule has 0 amide bonds. The van der Waals surface area contributed by atoms with Crippen LogP contribution in [0.25, 0.3) is 11.6 Å². The van der Waals surface area contributed by atoms with Crippen LogP contribution in [0.5, 0.6) is 0 Å². The first-order valence-corrected chi connectivity index (χ1v) is 6.40. The highest BCUT2D eigenvalue weighted by Crippen LogP contribution is 2.29. The monoisotopic (exact) mass is 250 g/mol. The molecule has 0 aliphatic carbocycles. The van der Waals surface area contributed by atoms with Crippen molar-refractivity contribution in [1.29, 1.82) is 0 Å². The van der Waals surface area contributed by atoms with Gasteiger partial charge in [0.05, 0.1) is 0 Å². The van der Waals surface area contributed by atoms with Crippen molar-refractivity contribution in [3.63, 3.8) is 0 Å². The van der Waals surface area contributed by atoms with Gasteiger partial charge in [-0.05, 0) is 43.0 Å². The smallest absolute Gasteiger partial charge is 0.0109 e. The van der Waals surface area contributed by atoms with E-state index in [0.29, 0.717) is 0 Å². The lowest BCUT2D eigenvalue weighted by Crippen LogP contribution is -1.93. The summed E-state index contributed by atoms with van der Waals surface area (Å²) >= 11 is 0. The summed E-state index contributed by atoms with van der Waals surface area (Å²) in [4.78, 5) is 0. The molecule has 0 saturated heterocycles. The van der Waals surface area contributed by atoms with E-state index < -0.39 is 0 Å². The fourth-order valence-electron chi connectivity index (χ4n) is 1.99. The van der Waals surface area contributed by atoms with Gasteiger partial charge in [0.25, 0.3) is 0 Å². The van der Waals surface area contributed by atoms with Gasteiger partial charge in [-0.2, -0.15) is 0 Å². The van der Waals surface area contributed by atoms with Crippen LogP contribution in [0.15, 0.2) is 67.3 Å². The van der Waals surface area contributed by atoms with Crippen LogP contribution in [0, 0.1) is 6.92 Å². The second-order valence-electron chi connectivity index (χ2n) is 4.78. The molecule has 0 N–H and O–H groups in total. The summed E-state index contributed by atoms with van der Waals surface area (Å²) in [5.41, 5.74) is 6.88. The van der Waals surface area contributed by atoms with Crippen molar-refractivity contribution in [3.05, 3.63) is 84.0 Å². The van der Waals surface area contributed by atoms with Crippen LogP contribution in [0.4, 0.5) is 0 Å². The molecule has 1 aromatic carbocycles. The summed E-state index contributed by atoms with van der Waals surface area (Å²) in [5.74, 6) is 0.